The number of allylic oxidation sites excluding steroid dienone is 4. The molecule has 34 heavy (non-hydrogen) atoms. The molecule has 1 atom stereocenters. The molecule has 0 radical (unpaired) electrons. The molecule has 2 aromatic carbocycles. The second-order valence-electron chi connectivity index (χ2n) is 8.63. The lowest BCUT2D eigenvalue weighted by molar-refractivity contribution is 0.684. The second-order valence-corrected chi connectivity index (χ2v) is 9.07. The Morgan fingerprint density at radius 1 is 1.15 bits per heavy atom. The highest BCUT2D eigenvalue weighted by Crippen LogP contribution is 2.34. The van der Waals surface area contributed by atoms with Crippen LogP contribution in [0.4, 0.5) is 4.39 Å². The number of benzene rings is 2. The summed E-state index contributed by atoms with van der Waals surface area (Å²) < 4.78 is 12.4. The lowest BCUT2D eigenvalue weighted by Gasteiger charge is -2.14. The molecule has 0 aliphatic heterocycles. The molecule has 4 heteroatoms. The van der Waals surface area contributed by atoms with Crippen LogP contribution in [0.2, 0.25) is 5.02 Å². The van der Waals surface area contributed by atoms with Crippen molar-refractivity contribution in [3.05, 3.63) is 93.5 Å². The number of halogens is 2. The fraction of sp³-hybridized carbons (Fsp3) is 0.367. The number of nitrogens with one attached hydrogen (secondary N) is 1. The first kappa shape index (κ1) is 27.6. The summed E-state index contributed by atoms with van der Waals surface area (Å²) in [4.78, 5) is 7.53. The van der Waals surface area contributed by atoms with Crippen molar-refractivity contribution in [1.29, 1.82) is 0 Å². The standard InChI is InChI=1S/C21H24ClN.C9H14FN/c1-4-5-6-18-19-13-17(22)11-12-20(19)23-21(18)15(3)16-9-7-14(2)8-10-16;1-4-6-8(3)11-7-9(10)5-2/h7-13,15,23H,4-6H2,1-3H3;5-7H,4H2,1-3H3/b;8-6+,9-5+,11-7+. The number of fused-ring (bicyclic) bond motifs is 1. The van der Waals surface area contributed by atoms with E-state index in [1.165, 1.54) is 58.4 Å². The summed E-state index contributed by atoms with van der Waals surface area (Å²) in [7, 11) is 0. The zero-order chi connectivity index (χ0) is 25.1. The van der Waals surface area contributed by atoms with Crippen LogP contribution in [0.25, 0.3) is 10.9 Å². The molecular formula is C30H38ClFN2. The largest absolute Gasteiger partial charge is 0.358 e. The average molecular weight is 481 g/mol. The maximum atomic E-state index is 12.4. The van der Waals surface area contributed by atoms with Gasteiger partial charge in [-0.1, -0.05) is 80.8 Å². The summed E-state index contributed by atoms with van der Waals surface area (Å²) in [6.45, 7) is 12.2. The zero-order valence-electron chi connectivity index (χ0n) is 21.4. The van der Waals surface area contributed by atoms with Crippen molar-refractivity contribution in [1.82, 2.24) is 4.98 Å². The normalized spacial score (nSPS) is 13.3. The molecule has 0 saturated heterocycles. The number of hydrogen-bond donors (Lipinski definition) is 1. The van der Waals surface area contributed by atoms with Gasteiger partial charge in [-0.15, -0.1) is 0 Å². The molecule has 2 nitrogen and oxygen atoms in total. The molecule has 1 unspecified atom stereocenters. The van der Waals surface area contributed by atoms with Crippen molar-refractivity contribution in [2.45, 2.75) is 73.1 Å². The maximum absolute atomic E-state index is 12.4. The van der Waals surface area contributed by atoms with Crippen LogP contribution in [-0.2, 0) is 6.42 Å². The van der Waals surface area contributed by atoms with Gasteiger partial charge in [-0.2, -0.15) is 0 Å². The SMILES string of the molecule is CCCCc1c(C(C)c2ccc(C)cc2)[nH]c2ccc(Cl)cc12.C\C=C(F)/C=N/C(C)=C/CC. The van der Waals surface area contributed by atoms with Gasteiger partial charge in [-0.25, -0.2) is 4.39 Å². The Labute approximate surface area is 209 Å². The summed E-state index contributed by atoms with van der Waals surface area (Å²) in [5, 5.41) is 2.09. The number of hydrogen-bond acceptors (Lipinski definition) is 1. The van der Waals surface area contributed by atoms with Crippen LogP contribution < -0.4 is 0 Å². The fourth-order valence-electron chi connectivity index (χ4n) is 3.84. The van der Waals surface area contributed by atoms with Crippen LogP contribution in [0.1, 0.15) is 82.2 Å². The highest BCUT2D eigenvalue weighted by atomic mass is 35.5. The summed E-state index contributed by atoms with van der Waals surface area (Å²) in [6, 6.07) is 15.0. The van der Waals surface area contributed by atoms with Gasteiger partial charge >= 0.3 is 0 Å². The van der Waals surface area contributed by atoms with Crippen LogP contribution >= 0.6 is 11.6 Å². The van der Waals surface area contributed by atoms with Crippen molar-refractivity contribution in [3.8, 4) is 0 Å². The van der Waals surface area contributed by atoms with E-state index in [1.807, 2.05) is 26.0 Å². The van der Waals surface area contributed by atoms with Gasteiger partial charge in [0.25, 0.3) is 0 Å². The molecule has 182 valence electrons. The summed E-state index contributed by atoms with van der Waals surface area (Å²) >= 11 is 6.23. The molecular weight excluding hydrogens is 443 g/mol. The van der Waals surface area contributed by atoms with Gasteiger partial charge in [-0.3, -0.25) is 4.99 Å². The molecule has 0 aliphatic rings. The molecule has 3 rings (SSSR count). The van der Waals surface area contributed by atoms with Crippen LogP contribution in [0.5, 0.6) is 0 Å². The topological polar surface area (TPSA) is 28.1 Å². The minimum absolute atomic E-state index is 0.297. The first-order chi connectivity index (χ1) is 16.3. The zero-order valence-corrected chi connectivity index (χ0v) is 22.1. The molecule has 0 bridgehead atoms. The van der Waals surface area contributed by atoms with E-state index in [2.05, 4.69) is 67.1 Å². The second kappa shape index (κ2) is 13.9. The summed E-state index contributed by atoms with van der Waals surface area (Å²) in [6.07, 6.45) is 8.98. The van der Waals surface area contributed by atoms with Gasteiger partial charge in [0.15, 0.2) is 0 Å². The molecule has 1 heterocycles. The number of aromatic nitrogens is 1. The Morgan fingerprint density at radius 2 is 1.85 bits per heavy atom. The first-order valence-electron chi connectivity index (χ1n) is 12.2. The van der Waals surface area contributed by atoms with E-state index < -0.39 is 0 Å². The predicted octanol–water partition coefficient (Wildman–Crippen LogP) is 9.87. The van der Waals surface area contributed by atoms with Crippen LogP contribution in [0.15, 0.2) is 71.1 Å². The fourth-order valence-corrected chi connectivity index (χ4v) is 4.01. The lowest BCUT2D eigenvalue weighted by Crippen LogP contribution is -2.01. The average Bonchev–Trinajstić information content (AvgIpc) is 3.19. The van der Waals surface area contributed by atoms with Crippen molar-refractivity contribution in [3.63, 3.8) is 0 Å². The highest BCUT2D eigenvalue weighted by molar-refractivity contribution is 6.31. The maximum Gasteiger partial charge on any atom is 0.137 e. The number of nitrogens with zero attached hydrogens (tertiary/aromatic N) is 1. The minimum Gasteiger partial charge on any atom is -0.358 e. The van der Waals surface area contributed by atoms with Crippen LogP contribution in [0, 0.1) is 6.92 Å². The number of aryl methyl sites for hydroxylation is 2. The molecule has 0 aliphatic carbocycles. The summed E-state index contributed by atoms with van der Waals surface area (Å²) in [5.41, 5.74) is 7.46. The van der Waals surface area contributed by atoms with Gasteiger partial charge in [-0.05, 0) is 69.4 Å². The number of unbranched alkanes of at least 4 members (excludes halogenated alkanes) is 1. The van der Waals surface area contributed by atoms with Crippen molar-refractivity contribution in [2.24, 2.45) is 4.99 Å². The Balaban J connectivity index is 0.000000316. The van der Waals surface area contributed by atoms with Gasteiger partial charge in [0.1, 0.15) is 5.83 Å². The van der Waals surface area contributed by atoms with Gasteiger partial charge in [0.2, 0.25) is 0 Å². The molecule has 0 spiro atoms. The van der Waals surface area contributed by atoms with Crippen LogP contribution in [-0.4, -0.2) is 11.2 Å². The molecule has 3 aromatic rings. The third-order valence-electron chi connectivity index (χ3n) is 5.86. The molecule has 0 fully saturated rings. The van der Waals surface area contributed by atoms with E-state index >= 15 is 0 Å². The number of rotatable bonds is 8. The van der Waals surface area contributed by atoms with Crippen LogP contribution in [0.3, 0.4) is 0 Å². The number of aliphatic imine (C=N–C) groups is 1. The third kappa shape index (κ3) is 7.99. The third-order valence-corrected chi connectivity index (χ3v) is 6.09. The minimum atomic E-state index is -0.297. The van der Waals surface area contributed by atoms with E-state index in [4.69, 9.17) is 11.6 Å². The lowest BCUT2D eigenvalue weighted by atomic mass is 9.92. The van der Waals surface area contributed by atoms with Gasteiger partial charge < -0.3 is 4.98 Å². The molecule has 1 aromatic heterocycles. The van der Waals surface area contributed by atoms with Crippen molar-refractivity contribution in [2.75, 3.05) is 0 Å². The van der Waals surface area contributed by atoms with Crippen molar-refractivity contribution >= 4 is 28.7 Å². The molecule has 0 amide bonds. The first-order valence-corrected chi connectivity index (χ1v) is 12.6. The molecule has 0 saturated carbocycles. The van der Waals surface area contributed by atoms with E-state index in [0.717, 1.165) is 23.6 Å². The summed E-state index contributed by atoms with van der Waals surface area (Å²) in [5.74, 6) is 0.0579. The number of H-pyrrole nitrogens is 1. The quantitative estimate of drug-likeness (QED) is 0.310. The Morgan fingerprint density at radius 3 is 2.47 bits per heavy atom. The van der Waals surface area contributed by atoms with Gasteiger partial charge in [0.05, 0.1) is 6.21 Å². The predicted molar refractivity (Wildman–Crippen MR) is 148 cm³/mol. The molecule has 1 N–H and O–H groups in total. The smallest absolute Gasteiger partial charge is 0.137 e. The Bertz CT molecular complexity index is 1140. The van der Waals surface area contributed by atoms with Crippen molar-refractivity contribution < 1.29 is 4.39 Å². The number of aromatic amines is 1. The van der Waals surface area contributed by atoms with E-state index in [-0.39, 0.29) is 5.83 Å². The Kier molecular flexibility index (Phi) is 11.3. The monoisotopic (exact) mass is 480 g/mol. The highest BCUT2D eigenvalue weighted by Gasteiger charge is 2.18. The Hall–Kier alpha value is -2.65. The van der Waals surface area contributed by atoms with E-state index in [1.54, 1.807) is 6.92 Å². The van der Waals surface area contributed by atoms with Gasteiger partial charge in [0, 0.05) is 33.2 Å². The van der Waals surface area contributed by atoms with E-state index in [9.17, 15) is 4.39 Å². The van der Waals surface area contributed by atoms with E-state index in [0.29, 0.717) is 5.92 Å².